The number of para-hydroxylation sites is 1. The molecule has 1 amide bonds. The minimum atomic E-state index is -4.56. The van der Waals surface area contributed by atoms with Gasteiger partial charge in [-0.3, -0.25) is 19.1 Å². The van der Waals surface area contributed by atoms with Crippen molar-refractivity contribution in [2.75, 3.05) is 11.1 Å². The van der Waals surface area contributed by atoms with Gasteiger partial charge in [-0.2, -0.15) is 13.2 Å². The molecule has 0 radical (unpaired) electrons. The van der Waals surface area contributed by atoms with Crippen LogP contribution in [-0.2, 0) is 21.8 Å². The Morgan fingerprint density at radius 1 is 1.16 bits per heavy atom. The monoisotopic (exact) mass is 372 g/mol. The van der Waals surface area contributed by atoms with Gasteiger partial charge in [0.15, 0.2) is 0 Å². The molecule has 1 N–H and O–H groups in total. The second-order valence-electron chi connectivity index (χ2n) is 4.84. The lowest BCUT2D eigenvalue weighted by molar-refractivity contribution is -0.387. The Labute approximate surface area is 142 Å². The van der Waals surface area contributed by atoms with Crippen LogP contribution in [0.4, 0.5) is 24.5 Å². The Kier molecular flexibility index (Phi) is 5.52. The number of nitrogens with zero attached hydrogens (tertiary/aromatic N) is 1. The highest BCUT2D eigenvalue weighted by molar-refractivity contribution is 7.86. The zero-order valence-corrected chi connectivity index (χ0v) is 13.3. The predicted octanol–water partition coefficient (Wildman–Crippen LogP) is 3.36. The second kappa shape index (κ2) is 7.43. The molecule has 0 heterocycles. The van der Waals surface area contributed by atoms with Crippen LogP contribution in [0.25, 0.3) is 0 Å². The van der Waals surface area contributed by atoms with Gasteiger partial charge in [-0.1, -0.05) is 18.2 Å². The first-order valence-corrected chi connectivity index (χ1v) is 8.09. The van der Waals surface area contributed by atoms with Crippen LogP contribution in [0, 0.1) is 10.1 Å². The molecule has 0 bridgehead atoms. The van der Waals surface area contributed by atoms with E-state index in [9.17, 15) is 32.3 Å². The molecule has 2 aromatic carbocycles. The van der Waals surface area contributed by atoms with E-state index in [1.165, 1.54) is 24.3 Å². The van der Waals surface area contributed by atoms with Gasteiger partial charge in [-0.05, 0) is 24.3 Å². The van der Waals surface area contributed by atoms with Gasteiger partial charge in [0.2, 0.25) is 5.91 Å². The number of nitrogens with one attached hydrogen (secondary N) is 1. The maximum absolute atomic E-state index is 12.6. The maximum atomic E-state index is 12.6. The first-order chi connectivity index (χ1) is 11.7. The number of hydrogen-bond donors (Lipinski definition) is 1. The summed E-state index contributed by atoms with van der Waals surface area (Å²) in [6.07, 6.45) is -4.56. The number of nitro groups is 1. The third kappa shape index (κ3) is 4.86. The Hall–Kier alpha value is -2.75. The summed E-state index contributed by atoms with van der Waals surface area (Å²) in [5.41, 5.74) is -1.45. The standard InChI is InChI=1S/C15H11F3N2O4S/c16-15(17,18)10-4-3-5-11(8-10)19-14(21)9-25(24)13-7-2-1-6-12(13)20(22)23/h1-8H,9H2,(H,19,21)/t25-/m0/s1. The minimum absolute atomic E-state index is 0.112. The number of nitro benzene ring substituents is 1. The van der Waals surface area contributed by atoms with Crippen molar-refractivity contribution in [2.24, 2.45) is 0 Å². The third-order valence-electron chi connectivity index (χ3n) is 3.04. The van der Waals surface area contributed by atoms with Gasteiger partial charge in [0.05, 0.1) is 21.3 Å². The summed E-state index contributed by atoms with van der Waals surface area (Å²) in [5.74, 6) is -1.45. The number of halogens is 3. The number of amides is 1. The van der Waals surface area contributed by atoms with Crippen LogP contribution < -0.4 is 5.32 Å². The van der Waals surface area contributed by atoms with Gasteiger partial charge in [0, 0.05) is 11.8 Å². The lowest BCUT2D eigenvalue weighted by Gasteiger charge is -2.10. The molecule has 0 fully saturated rings. The number of rotatable bonds is 5. The number of carbonyl (C=O) groups is 1. The van der Waals surface area contributed by atoms with Gasteiger partial charge in [0.25, 0.3) is 5.69 Å². The summed E-state index contributed by atoms with van der Waals surface area (Å²) >= 11 is 0. The number of benzene rings is 2. The molecule has 2 aromatic rings. The number of anilines is 1. The van der Waals surface area contributed by atoms with Gasteiger partial charge >= 0.3 is 6.18 Å². The fourth-order valence-electron chi connectivity index (χ4n) is 1.97. The van der Waals surface area contributed by atoms with E-state index < -0.39 is 44.8 Å². The van der Waals surface area contributed by atoms with Gasteiger partial charge in [-0.15, -0.1) is 0 Å². The molecule has 6 nitrogen and oxygen atoms in total. The van der Waals surface area contributed by atoms with Crippen molar-refractivity contribution >= 4 is 28.1 Å². The Bertz CT molecular complexity index is 840. The topological polar surface area (TPSA) is 89.3 Å². The van der Waals surface area contributed by atoms with Crippen molar-refractivity contribution in [3.05, 3.63) is 64.2 Å². The normalized spacial score (nSPS) is 12.4. The molecule has 0 aromatic heterocycles. The number of hydrogen-bond acceptors (Lipinski definition) is 4. The van der Waals surface area contributed by atoms with E-state index in [0.29, 0.717) is 0 Å². The van der Waals surface area contributed by atoms with E-state index in [1.807, 2.05) is 0 Å². The average Bonchev–Trinajstić information content (AvgIpc) is 2.54. The van der Waals surface area contributed by atoms with Crippen LogP contribution in [0.15, 0.2) is 53.4 Å². The number of carbonyl (C=O) groups excluding carboxylic acids is 1. The molecular formula is C15H11F3N2O4S. The Balaban J connectivity index is 2.11. The molecule has 25 heavy (non-hydrogen) atoms. The van der Waals surface area contributed by atoms with Crippen molar-refractivity contribution in [3.63, 3.8) is 0 Å². The zero-order valence-electron chi connectivity index (χ0n) is 12.4. The van der Waals surface area contributed by atoms with Gasteiger partial charge < -0.3 is 5.32 Å². The smallest absolute Gasteiger partial charge is 0.325 e. The highest BCUT2D eigenvalue weighted by Gasteiger charge is 2.30. The Morgan fingerprint density at radius 2 is 1.84 bits per heavy atom. The predicted molar refractivity (Wildman–Crippen MR) is 84.4 cm³/mol. The van der Waals surface area contributed by atoms with Crippen LogP contribution >= 0.6 is 0 Å². The maximum Gasteiger partial charge on any atom is 0.416 e. The van der Waals surface area contributed by atoms with Crippen LogP contribution in [0.5, 0.6) is 0 Å². The first-order valence-electron chi connectivity index (χ1n) is 6.77. The molecule has 0 saturated heterocycles. The largest absolute Gasteiger partial charge is 0.416 e. The van der Waals surface area contributed by atoms with Crippen molar-refractivity contribution in [1.29, 1.82) is 0 Å². The summed E-state index contributed by atoms with van der Waals surface area (Å²) in [4.78, 5) is 21.9. The van der Waals surface area contributed by atoms with E-state index in [1.54, 1.807) is 0 Å². The van der Waals surface area contributed by atoms with E-state index >= 15 is 0 Å². The quantitative estimate of drug-likeness (QED) is 0.644. The average molecular weight is 372 g/mol. The number of alkyl halides is 3. The Morgan fingerprint density at radius 3 is 2.48 bits per heavy atom. The molecule has 0 aliphatic carbocycles. The molecule has 0 unspecified atom stereocenters. The fraction of sp³-hybridized carbons (Fsp3) is 0.133. The van der Waals surface area contributed by atoms with E-state index in [2.05, 4.69) is 5.32 Å². The van der Waals surface area contributed by atoms with Crippen LogP contribution in [0.1, 0.15) is 5.56 Å². The van der Waals surface area contributed by atoms with Gasteiger partial charge in [0.1, 0.15) is 10.6 Å². The molecule has 132 valence electrons. The molecule has 1 atom stereocenters. The molecule has 0 spiro atoms. The summed E-state index contributed by atoms with van der Waals surface area (Å²) < 4.78 is 50.1. The summed E-state index contributed by atoms with van der Waals surface area (Å²) in [6, 6.07) is 9.20. The second-order valence-corrected chi connectivity index (χ2v) is 6.26. The van der Waals surface area contributed by atoms with Crippen LogP contribution in [0.2, 0.25) is 0 Å². The lowest BCUT2D eigenvalue weighted by Crippen LogP contribution is -2.20. The van der Waals surface area contributed by atoms with Gasteiger partial charge in [-0.25, -0.2) is 0 Å². The SMILES string of the molecule is O=C(C[S@](=O)c1ccccc1[N+](=O)[O-])Nc1cccc(C(F)(F)F)c1. The zero-order chi connectivity index (χ0) is 18.6. The van der Waals surface area contributed by atoms with E-state index in [0.717, 1.165) is 24.3 Å². The highest BCUT2D eigenvalue weighted by Crippen LogP contribution is 2.30. The first kappa shape index (κ1) is 18.6. The third-order valence-corrected chi connectivity index (χ3v) is 4.40. The molecule has 0 aliphatic rings. The lowest BCUT2D eigenvalue weighted by atomic mass is 10.2. The fourth-order valence-corrected chi connectivity index (χ4v) is 3.04. The highest BCUT2D eigenvalue weighted by atomic mass is 32.2. The van der Waals surface area contributed by atoms with Crippen molar-refractivity contribution in [2.45, 2.75) is 11.1 Å². The molecular weight excluding hydrogens is 361 g/mol. The van der Waals surface area contributed by atoms with Crippen LogP contribution in [-0.4, -0.2) is 20.8 Å². The summed E-state index contributed by atoms with van der Waals surface area (Å²) in [7, 11) is -2.02. The summed E-state index contributed by atoms with van der Waals surface area (Å²) in [6.45, 7) is 0. The molecule has 0 aliphatic heterocycles. The van der Waals surface area contributed by atoms with Crippen LogP contribution in [0.3, 0.4) is 0 Å². The van der Waals surface area contributed by atoms with Crippen molar-refractivity contribution in [3.8, 4) is 0 Å². The summed E-state index contributed by atoms with van der Waals surface area (Å²) in [5, 5.41) is 13.1. The molecule has 2 rings (SSSR count). The molecule has 0 saturated carbocycles. The van der Waals surface area contributed by atoms with Crippen molar-refractivity contribution < 1.29 is 27.1 Å². The van der Waals surface area contributed by atoms with E-state index in [4.69, 9.17) is 0 Å². The van der Waals surface area contributed by atoms with Crippen molar-refractivity contribution in [1.82, 2.24) is 0 Å². The molecule has 10 heteroatoms. The minimum Gasteiger partial charge on any atom is -0.325 e. The van der Waals surface area contributed by atoms with E-state index in [-0.39, 0.29) is 10.6 Å².